The summed E-state index contributed by atoms with van der Waals surface area (Å²) < 4.78 is 40.4. The van der Waals surface area contributed by atoms with Gasteiger partial charge in [-0.1, -0.05) is 34.7 Å². The Morgan fingerprint density at radius 2 is 1.98 bits per heavy atom. The van der Waals surface area contributed by atoms with Crippen molar-refractivity contribution in [2.75, 3.05) is 31.1 Å². The minimum atomic E-state index is -4.41. The number of aromatic nitrogens is 1. The minimum Gasteiger partial charge on any atom is -0.361 e. The average Bonchev–Trinajstić information content (AvgIpc) is 3.59. The lowest BCUT2D eigenvalue weighted by Crippen LogP contribution is -2.38. The second-order valence-corrected chi connectivity index (χ2v) is 11.6. The molecule has 1 amide bonds. The van der Waals surface area contributed by atoms with Gasteiger partial charge in [0.05, 0.1) is 15.8 Å². The molecule has 0 saturated carbocycles. The Bertz CT molecular complexity index is 1450. The summed E-state index contributed by atoms with van der Waals surface area (Å²) >= 11 is 1.28. The standard InChI is InChI=1S/C29H32F3N5O3S/c1-18-15-21(3-5-23(18)27-34-26(17-38)40-35-27)10-14-37(13-9-20-7-11-36(12-8-20)19(2)39)28-33-24-6-4-22(29(30,31)32)16-25(24)41-28/h3-6,15-17,20,26H,7-14H2,1-2H3,(H,34,35). The lowest BCUT2D eigenvalue weighted by Gasteiger charge is -2.32. The molecule has 8 nitrogen and oxygen atoms in total. The van der Waals surface area contributed by atoms with Crippen LogP contribution in [-0.4, -0.2) is 60.3 Å². The van der Waals surface area contributed by atoms with Crippen molar-refractivity contribution in [2.24, 2.45) is 11.1 Å². The molecule has 1 aromatic heterocycles. The Hall–Kier alpha value is -3.67. The number of carbonyl (C=O) groups is 2. The highest BCUT2D eigenvalue weighted by Crippen LogP contribution is 2.36. The number of thiazole rings is 1. The number of hydrogen-bond acceptors (Lipinski definition) is 8. The number of piperidine rings is 1. The first-order valence-electron chi connectivity index (χ1n) is 13.6. The van der Waals surface area contributed by atoms with E-state index in [4.69, 9.17) is 9.82 Å². The monoisotopic (exact) mass is 587 g/mol. The van der Waals surface area contributed by atoms with Crippen LogP contribution in [0.15, 0.2) is 41.6 Å². The highest BCUT2D eigenvalue weighted by atomic mass is 32.1. The number of fused-ring (bicyclic) bond motifs is 1. The first kappa shape index (κ1) is 28.8. The number of halogens is 3. The number of amides is 1. The van der Waals surface area contributed by atoms with Crippen LogP contribution in [-0.2, 0) is 27.0 Å². The first-order valence-corrected chi connectivity index (χ1v) is 14.5. The molecule has 12 heteroatoms. The maximum absolute atomic E-state index is 13.3. The Morgan fingerprint density at radius 3 is 2.63 bits per heavy atom. The highest BCUT2D eigenvalue weighted by molar-refractivity contribution is 7.22. The summed E-state index contributed by atoms with van der Waals surface area (Å²) in [7, 11) is 0. The highest BCUT2D eigenvalue weighted by Gasteiger charge is 2.31. The van der Waals surface area contributed by atoms with Crippen molar-refractivity contribution in [3.05, 3.63) is 58.7 Å². The third-order valence-corrected chi connectivity index (χ3v) is 8.80. The van der Waals surface area contributed by atoms with Gasteiger partial charge in [-0.15, -0.1) is 0 Å². The quantitative estimate of drug-likeness (QED) is 0.350. The lowest BCUT2D eigenvalue weighted by molar-refractivity contribution is -0.137. The molecule has 2 aliphatic rings. The van der Waals surface area contributed by atoms with Crippen LogP contribution in [0, 0.1) is 12.8 Å². The van der Waals surface area contributed by atoms with Gasteiger partial charge in [0.15, 0.2) is 17.3 Å². The Morgan fingerprint density at radius 1 is 1.20 bits per heavy atom. The molecule has 5 rings (SSSR count). The topological polar surface area (TPSA) is 87.1 Å². The first-order chi connectivity index (χ1) is 19.6. The molecule has 1 N–H and O–H groups in total. The van der Waals surface area contributed by atoms with Gasteiger partial charge in [0, 0.05) is 38.7 Å². The normalized spacial score (nSPS) is 17.7. The summed E-state index contributed by atoms with van der Waals surface area (Å²) in [6, 6.07) is 9.70. The molecule has 0 radical (unpaired) electrons. The summed E-state index contributed by atoms with van der Waals surface area (Å²) in [4.78, 5) is 36.5. The van der Waals surface area contributed by atoms with Crippen molar-refractivity contribution < 1.29 is 27.6 Å². The number of aryl methyl sites for hydroxylation is 1. The van der Waals surface area contributed by atoms with E-state index in [1.54, 1.807) is 6.92 Å². The third-order valence-electron chi connectivity index (χ3n) is 7.72. The van der Waals surface area contributed by atoms with E-state index in [1.807, 2.05) is 24.0 Å². The number of oxime groups is 1. The van der Waals surface area contributed by atoms with E-state index in [0.29, 0.717) is 46.4 Å². The minimum absolute atomic E-state index is 0.103. The van der Waals surface area contributed by atoms with Gasteiger partial charge in [0.25, 0.3) is 6.23 Å². The van der Waals surface area contributed by atoms with Crippen molar-refractivity contribution in [1.29, 1.82) is 0 Å². The third kappa shape index (κ3) is 6.80. The van der Waals surface area contributed by atoms with Crippen LogP contribution in [0.3, 0.4) is 0 Å². The van der Waals surface area contributed by atoms with Crippen molar-refractivity contribution >= 4 is 44.7 Å². The molecule has 0 aliphatic carbocycles. The molecule has 0 bridgehead atoms. The maximum Gasteiger partial charge on any atom is 0.416 e. The predicted molar refractivity (Wildman–Crippen MR) is 152 cm³/mol. The summed E-state index contributed by atoms with van der Waals surface area (Å²) in [5.74, 6) is 1.08. The van der Waals surface area contributed by atoms with Crippen molar-refractivity contribution in [3.63, 3.8) is 0 Å². The summed E-state index contributed by atoms with van der Waals surface area (Å²) in [5.41, 5.74) is 2.80. The Balaban J connectivity index is 1.31. The molecule has 2 aromatic carbocycles. The molecule has 3 aromatic rings. The molecular weight excluding hydrogens is 555 g/mol. The second-order valence-electron chi connectivity index (χ2n) is 10.5. The average molecular weight is 588 g/mol. The summed E-state index contributed by atoms with van der Waals surface area (Å²) in [6.45, 7) is 6.44. The molecule has 1 saturated heterocycles. The number of nitrogens with one attached hydrogen (secondary N) is 1. The molecule has 2 aliphatic heterocycles. The van der Waals surface area contributed by atoms with Gasteiger partial charge in [-0.2, -0.15) is 13.2 Å². The van der Waals surface area contributed by atoms with Gasteiger partial charge in [0.1, 0.15) is 0 Å². The van der Waals surface area contributed by atoms with Crippen LogP contribution in [0.25, 0.3) is 10.2 Å². The van der Waals surface area contributed by atoms with Crippen molar-refractivity contribution in [2.45, 2.75) is 51.9 Å². The summed E-state index contributed by atoms with van der Waals surface area (Å²) in [5, 5.41) is 7.58. The number of nitrogens with zero attached hydrogens (tertiary/aromatic N) is 4. The number of benzene rings is 2. The van der Waals surface area contributed by atoms with Crippen molar-refractivity contribution in [1.82, 2.24) is 15.2 Å². The number of likely N-dealkylation sites (tertiary alicyclic amines) is 1. The Labute approximate surface area is 240 Å². The fraction of sp³-hybridized carbons (Fsp3) is 0.448. The molecular formula is C29H32F3N5O3S. The van der Waals surface area contributed by atoms with Crippen LogP contribution in [0.4, 0.5) is 18.3 Å². The second kappa shape index (κ2) is 12.1. The van der Waals surface area contributed by atoms with E-state index in [2.05, 4.69) is 21.4 Å². The van der Waals surface area contributed by atoms with E-state index in [-0.39, 0.29) is 5.91 Å². The van der Waals surface area contributed by atoms with E-state index < -0.39 is 18.0 Å². The molecule has 3 heterocycles. The van der Waals surface area contributed by atoms with Gasteiger partial charge in [-0.25, -0.2) is 4.98 Å². The zero-order valence-electron chi connectivity index (χ0n) is 22.9. The van der Waals surface area contributed by atoms with Crippen LogP contribution < -0.4 is 10.2 Å². The smallest absolute Gasteiger partial charge is 0.361 e. The van der Waals surface area contributed by atoms with E-state index in [9.17, 15) is 22.8 Å². The molecule has 1 fully saturated rings. The molecule has 218 valence electrons. The predicted octanol–water partition coefficient (Wildman–Crippen LogP) is 5.13. The van der Waals surface area contributed by atoms with Crippen LogP contribution in [0.1, 0.15) is 48.4 Å². The van der Waals surface area contributed by atoms with Gasteiger partial charge < -0.3 is 20.0 Å². The molecule has 0 spiro atoms. The number of alkyl halides is 3. The zero-order valence-corrected chi connectivity index (χ0v) is 23.7. The van der Waals surface area contributed by atoms with Crippen molar-refractivity contribution in [3.8, 4) is 0 Å². The van der Waals surface area contributed by atoms with Crippen LogP contribution in [0.5, 0.6) is 0 Å². The lowest BCUT2D eigenvalue weighted by atomic mass is 9.93. The van der Waals surface area contributed by atoms with Crippen LogP contribution >= 0.6 is 11.3 Å². The number of hydrogen-bond donors (Lipinski definition) is 1. The fourth-order valence-electron chi connectivity index (χ4n) is 5.30. The number of aldehydes is 1. The SMILES string of the molecule is CC(=O)N1CCC(CCN(CCc2ccc(C3=NOC(C=O)N3)c(C)c2)c2nc3ccc(C(F)(F)F)cc3s2)CC1. The summed E-state index contributed by atoms with van der Waals surface area (Å²) in [6.07, 6.45) is -1.04. The van der Waals surface area contributed by atoms with Gasteiger partial charge >= 0.3 is 6.18 Å². The molecule has 1 unspecified atom stereocenters. The van der Waals surface area contributed by atoms with E-state index in [1.165, 1.54) is 23.5 Å². The van der Waals surface area contributed by atoms with Gasteiger partial charge in [-0.05, 0) is 67.9 Å². The molecule has 1 atom stereocenters. The number of rotatable bonds is 9. The number of amidine groups is 1. The van der Waals surface area contributed by atoms with E-state index in [0.717, 1.165) is 61.7 Å². The maximum atomic E-state index is 13.3. The zero-order chi connectivity index (χ0) is 29.1. The van der Waals surface area contributed by atoms with E-state index >= 15 is 0 Å². The number of carbonyl (C=O) groups excluding carboxylic acids is 2. The number of anilines is 1. The van der Waals surface area contributed by atoms with Gasteiger partial charge in [-0.3, -0.25) is 9.59 Å². The van der Waals surface area contributed by atoms with Gasteiger partial charge in [0.2, 0.25) is 5.91 Å². The fourth-order valence-corrected chi connectivity index (χ4v) is 6.35. The Kier molecular flexibility index (Phi) is 8.48. The largest absolute Gasteiger partial charge is 0.416 e. The van der Waals surface area contributed by atoms with Crippen LogP contribution in [0.2, 0.25) is 0 Å². The molecule has 41 heavy (non-hydrogen) atoms.